The van der Waals surface area contributed by atoms with E-state index in [0.717, 1.165) is 19.8 Å². The SMILES string of the molecule is CNC(=O)c1cccc(NC(=O)c2c[nH]c3cc(Br)c(Br)cc23)c1. The lowest BCUT2D eigenvalue weighted by atomic mass is 10.1. The summed E-state index contributed by atoms with van der Waals surface area (Å²) in [5.74, 6) is -0.448. The van der Waals surface area contributed by atoms with Crippen molar-refractivity contribution in [3.05, 3.63) is 62.7 Å². The standard InChI is InChI=1S/C17H13Br2N3O2/c1-20-16(23)9-3-2-4-10(5-9)22-17(24)12-8-21-15-7-14(19)13(18)6-11(12)15/h2-8,21H,1H3,(H,20,23)(H,22,24). The van der Waals surface area contributed by atoms with E-state index in [-0.39, 0.29) is 11.8 Å². The highest BCUT2D eigenvalue weighted by Gasteiger charge is 2.14. The normalized spacial score (nSPS) is 10.6. The fraction of sp³-hybridized carbons (Fsp3) is 0.0588. The molecule has 0 bridgehead atoms. The molecule has 5 nitrogen and oxygen atoms in total. The third-order valence-electron chi connectivity index (χ3n) is 3.58. The molecule has 3 N–H and O–H groups in total. The first-order valence-corrected chi connectivity index (χ1v) is 8.68. The van der Waals surface area contributed by atoms with Crippen molar-refractivity contribution < 1.29 is 9.59 Å². The second-order valence-corrected chi connectivity index (χ2v) is 6.84. The highest BCUT2D eigenvalue weighted by atomic mass is 79.9. The zero-order valence-electron chi connectivity index (χ0n) is 12.6. The first kappa shape index (κ1) is 16.7. The third-order valence-corrected chi connectivity index (χ3v) is 5.42. The molecular formula is C17H13Br2N3O2. The Hall–Kier alpha value is -2.12. The van der Waals surface area contributed by atoms with Crippen molar-refractivity contribution in [2.24, 2.45) is 0 Å². The van der Waals surface area contributed by atoms with Gasteiger partial charge in [0.05, 0.1) is 5.56 Å². The highest BCUT2D eigenvalue weighted by Crippen LogP contribution is 2.30. The number of carbonyl (C=O) groups excluding carboxylic acids is 2. The Bertz CT molecular complexity index is 950. The molecule has 7 heteroatoms. The summed E-state index contributed by atoms with van der Waals surface area (Å²) in [6, 6.07) is 10.6. The molecule has 0 saturated carbocycles. The van der Waals surface area contributed by atoms with Crippen LogP contribution in [0.25, 0.3) is 10.9 Å². The number of fused-ring (bicyclic) bond motifs is 1. The van der Waals surface area contributed by atoms with Crippen LogP contribution >= 0.6 is 31.9 Å². The maximum Gasteiger partial charge on any atom is 0.257 e. The number of hydrogen-bond acceptors (Lipinski definition) is 2. The van der Waals surface area contributed by atoms with E-state index in [0.29, 0.717) is 16.8 Å². The van der Waals surface area contributed by atoms with Gasteiger partial charge in [-0.15, -0.1) is 0 Å². The number of amides is 2. The number of hydrogen-bond donors (Lipinski definition) is 3. The molecule has 2 aromatic carbocycles. The predicted octanol–water partition coefficient (Wildman–Crippen LogP) is 4.30. The number of carbonyl (C=O) groups is 2. The summed E-state index contributed by atoms with van der Waals surface area (Å²) in [5.41, 5.74) is 2.44. The van der Waals surface area contributed by atoms with Crippen molar-refractivity contribution in [3.8, 4) is 0 Å². The predicted molar refractivity (Wildman–Crippen MR) is 101 cm³/mol. The lowest BCUT2D eigenvalue weighted by Gasteiger charge is -2.07. The minimum atomic E-state index is -0.246. The smallest absolute Gasteiger partial charge is 0.257 e. The lowest BCUT2D eigenvalue weighted by molar-refractivity contribution is 0.0961. The van der Waals surface area contributed by atoms with Gasteiger partial charge in [0.2, 0.25) is 0 Å². The molecule has 0 unspecified atom stereocenters. The maximum atomic E-state index is 12.6. The number of halogens is 2. The second kappa shape index (κ2) is 6.78. The minimum Gasteiger partial charge on any atom is -0.360 e. The van der Waals surface area contributed by atoms with E-state index in [9.17, 15) is 9.59 Å². The van der Waals surface area contributed by atoms with Crippen LogP contribution in [-0.4, -0.2) is 23.8 Å². The maximum absolute atomic E-state index is 12.6. The molecular weight excluding hydrogens is 438 g/mol. The van der Waals surface area contributed by atoms with E-state index in [1.54, 1.807) is 37.5 Å². The monoisotopic (exact) mass is 449 g/mol. The van der Waals surface area contributed by atoms with E-state index in [2.05, 4.69) is 47.5 Å². The van der Waals surface area contributed by atoms with E-state index in [1.807, 2.05) is 12.1 Å². The summed E-state index contributed by atoms with van der Waals surface area (Å²) in [4.78, 5) is 27.3. The molecule has 1 heterocycles. The molecule has 0 aliphatic carbocycles. The molecule has 0 aliphatic heterocycles. The van der Waals surface area contributed by atoms with Crippen molar-refractivity contribution in [2.75, 3.05) is 12.4 Å². The molecule has 0 radical (unpaired) electrons. The number of aromatic amines is 1. The van der Waals surface area contributed by atoms with Gasteiger partial charge in [-0.25, -0.2) is 0 Å². The fourth-order valence-electron chi connectivity index (χ4n) is 2.39. The van der Waals surface area contributed by atoms with Gasteiger partial charge >= 0.3 is 0 Å². The number of H-pyrrole nitrogens is 1. The molecule has 1 aromatic heterocycles. The van der Waals surface area contributed by atoms with E-state index < -0.39 is 0 Å². The molecule has 0 aliphatic rings. The van der Waals surface area contributed by atoms with Crippen LogP contribution in [0.4, 0.5) is 5.69 Å². The Morgan fingerprint density at radius 1 is 1.04 bits per heavy atom. The summed E-state index contributed by atoms with van der Waals surface area (Å²) in [5, 5.41) is 6.19. The van der Waals surface area contributed by atoms with Crippen LogP contribution in [0.3, 0.4) is 0 Å². The molecule has 3 aromatic rings. The van der Waals surface area contributed by atoms with E-state index >= 15 is 0 Å². The summed E-state index contributed by atoms with van der Waals surface area (Å²) in [6.45, 7) is 0. The number of aromatic nitrogens is 1. The average molecular weight is 451 g/mol. The van der Waals surface area contributed by atoms with E-state index in [1.165, 1.54) is 0 Å². The van der Waals surface area contributed by atoms with Crippen molar-refractivity contribution >= 4 is 60.3 Å². The summed E-state index contributed by atoms with van der Waals surface area (Å²) in [7, 11) is 1.56. The van der Waals surface area contributed by atoms with Gasteiger partial charge in [0, 0.05) is 44.3 Å². The van der Waals surface area contributed by atoms with Crippen LogP contribution < -0.4 is 10.6 Å². The van der Waals surface area contributed by atoms with Crippen molar-refractivity contribution in [1.29, 1.82) is 0 Å². The molecule has 0 fully saturated rings. The van der Waals surface area contributed by atoms with Crippen molar-refractivity contribution in [2.45, 2.75) is 0 Å². The molecule has 0 atom stereocenters. The van der Waals surface area contributed by atoms with Crippen LogP contribution in [0.15, 0.2) is 51.5 Å². The first-order chi connectivity index (χ1) is 11.5. The second-order valence-electron chi connectivity index (χ2n) is 5.13. The van der Waals surface area contributed by atoms with Crippen LogP contribution in [-0.2, 0) is 0 Å². The fourth-order valence-corrected chi connectivity index (χ4v) is 3.07. The summed E-state index contributed by atoms with van der Waals surface area (Å²) in [6.07, 6.45) is 1.67. The molecule has 0 spiro atoms. The topological polar surface area (TPSA) is 74.0 Å². The Morgan fingerprint density at radius 3 is 2.54 bits per heavy atom. The largest absolute Gasteiger partial charge is 0.360 e. The van der Waals surface area contributed by atoms with Crippen LogP contribution in [0.2, 0.25) is 0 Å². The highest BCUT2D eigenvalue weighted by molar-refractivity contribution is 9.13. The van der Waals surface area contributed by atoms with Gasteiger partial charge in [-0.05, 0) is 62.2 Å². The van der Waals surface area contributed by atoms with Gasteiger partial charge in [0.1, 0.15) is 0 Å². The number of benzene rings is 2. The minimum absolute atomic E-state index is 0.202. The lowest BCUT2D eigenvalue weighted by Crippen LogP contribution is -2.18. The van der Waals surface area contributed by atoms with Crippen LogP contribution in [0.1, 0.15) is 20.7 Å². The Kier molecular flexibility index (Phi) is 4.73. The van der Waals surface area contributed by atoms with Gasteiger partial charge in [-0.2, -0.15) is 0 Å². The zero-order chi connectivity index (χ0) is 17.3. The van der Waals surface area contributed by atoms with Gasteiger partial charge < -0.3 is 15.6 Å². The summed E-state index contributed by atoms with van der Waals surface area (Å²) >= 11 is 6.89. The third kappa shape index (κ3) is 3.22. The van der Waals surface area contributed by atoms with Gasteiger partial charge in [0.25, 0.3) is 11.8 Å². The Labute approximate surface area is 155 Å². The van der Waals surface area contributed by atoms with Crippen molar-refractivity contribution in [1.82, 2.24) is 10.3 Å². The number of anilines is 1. The van der Waals surface area contributed by atoms with Crippen molar-refractivity contribution in [3.63, 3.8) is 0 Å². The quantitative estimate of drug-likeness (QED) is 0.556. The molecule has 24 heavy (non-hydrogen) atoms. The first-order valence-electron chi connectivity index (χ1n) is 7.09. The van der Waals surface area contributed by atoms with Crippen LogP contribution in [0, 0.1) is 0 Å². The van der Waals surface area contributed by atoms with Gasteiger partial charge in [-0.3, -0.25) is 9.59 Å². The van der Waals surface area contributed by atoms with Crippen LogP contribution in [0.5, 0.6) is 0 Å². The zero-order valence-corrected chi connectivity index (χ0v) is 15.8. The number of nitrogens with one attached hydrogen (secondary N) is 3. The average Bonchev–Trinajstić information content (AvgIpc) is 2.97. The molecule has 122 valence electrons. The molecule has 2 amide bonds. The Balaban J connectivity index is 1.91. The molecule has 0 saturated heterocycles. The number of rotatable bonds is 3. The summed E-state index contributed by atoms with van der Waals surface area (Å²) < 4.78 is 1.77. The van der Waals surface area contributed by atoms with E-state index in [4.69, 9.17) is 0 Å². The molecule has 3 rings (SSSR count). The Morgan fingerprint density at radius 2 is 1.79 bits per heavy atom. The van der Waals surface area contributed by atoms with Gasteiger partial charge in [0.15, 0.2) is 0 Å². The van der Waals surface area contributed by atoms with Gasteiger partial charge in [-0.1, -0.05) is 6.07 Å².